The predicted octanol–water partition coefficient (Wildman–Crippen LogP) is 2.14. The van der Waals surface area contributed by atoms with Crippen LogP contribution in [-0.2, 0) is 16.1 Å². The fraction of sp³-hybridized carbons (Fsp3) is 0.667. The van der Waals surface area contributed by atoms with Crippen molar-refractivity contribution in [2.75, 3.05) is 0 Å². The Morgan fingerprint density at radius 2 is 2.00 bits per heavy atom. The van der Waals surface area contributed by atoms with Crippen LogP contribution in [0.5, 0.6) is 0 Å². The molecule has 0 N–H and O–H groups in total. The van der Waals surface area contributed by atoms with E-state index in [9.17, 15) is 14.9 Å². The highest BCUT2D eigenvalue weighted by Crippen LogP contribution is 2.22. The monoisotopic (exact) mass is 269 g/mol. The normalized spacial score (nSPS) is 11.4. The van der Waals surface area contributed by atoms with E-state index in [1.165, 1.54) is 4.68 Å². The standard InChI is InChI=1S/C12H19N3O4/c1-8-11(15(17)18)9(2)14(13-8)7-6-10(16)19-12(3,4)5/h6-7H2,1-5H3. The lowest BCUT2D eigenvalue weighted by atomic mass is 10.2. The third kappa shape index (κ3) is 4.04. The number of rotatable bonds is 4. The number of hydrogen-bond donors (Lipinski definition) is 0. The molecule has 0 radical (unpaired) electrons. The van der Waals surface area contributed by atoms with E-state index in [-0.39, 0.29) is 24.6 Å². The lowest BCUT2D eigenvalue weighted by Crippen LogP contribution is -2.24. The number of hydrogen-bond acceptors (Lipinski definition) is 5. The number of carbonyl (C=O) groups excluding carboxylic acids is 1. The topological polar surface area (TPSA) is 87.3 Å². The summed E-state index contributed by atoms with van der Waals surface area (Å²) < 4.78 is 6.64. The van der Waals surface area contributed by atoms with Gasteiger partial charge in [-0.15, -0.1) is 0 Å². The van der Waals surface area contributed by atoms with Crippen molar-refractivity contribution in [2.24, 2.45) is 0 Å². The maximum absolute atomic E-state index is 11.6. The van der Waals surface area contributed by atoms with Gasteiger partial charge in [-0.25, -0.2) is 0 Å². The summed E-state index contributed by atoms with van der Waals surface area (Å²) in [7, 11) is 0. The van der Waals surface area contributed by atoms with Crippen LogP contribution in [0.15, 0.2) is 0 Å². The Morgan fingerprint density at radius 3 is 2.42 bits per heavy atom. The third-order valence-electron chi connectivity index (χ3n) is 2.47. The van der Waals surface area contributed by atoms with Crippen LogP contribution in [0.25, 0.3) is 0 Å². The van der Waals surface area contributed by atoms with Gasteiger partial charge in [0.1, 0.15) is 17.0 Å². The van der Waals surface area contributed by atoms with E-state index in [1.54, 1.807) is 34.6 Å². The number of aryl methyl sites for hydroxylation is 2. The molecule has 0 aliphatic rings. The van der Waals surface area contributed by atoms with Crippen molar-refractivity contribution in [1.29, 1.82) is 0 Å². The van der Waals surface area contributed by atoms with Gasteiger partial charge in [-0.1, -0.05) is 0 Å². The van der Waals surface area contributed by atoms with Crippen LogP contribution in [0.1, 0.15) is 38.6 Å². The van der Waals surface area contributed by atoms with Crippen LogP contribution in [0, 0.1) is 24.0 Å². The summed E-state index contributed by atoms with van der Waals surface area (Å²) in [5.74, 6) is -0.345. The summed E-state index contributed by atoms with van der Waals surface area (Å²) in [6, 6.07) is 0. The van der Waals surface area contributed by atoms with Crippen LogP contribution >= 0.6 is 0 Å². The molecule has 0 fully saturated rings. The quantitative estimate of drug-likeness (QED) is 0.474. The molecule has 7 nitrogen and oxygen atoms in total. The van der Waals surface area contributed by atoms with Gasteiger partial charge in [0.25, 0.3) is 0 Å². The first kappa shape index (κ1) is 15.1. The number of esters is 1. The van der Waals surface area contributed by atoms with Crippen LogP contribution in [-0.4, -0.2) is 26.3 Å². The molecule has 0 spiro atoms. The Balaban J connectivity index is 2.72. The Hall–Kier alpha value is -1.92. The van der Waals surface area contributed by atoms with Crippen molar-refractivity contribution < 1.29 is 14.5 Å². The second-order valence-corrected chi connectivity index (χ2v) is 5.34. The average molecular weight is 269 g/mol. The molecule has 1 heterocycles. The van der Waals surface area contributed by atoms with Crippen molar-refractivity contribution in [3.05, 3.63) is 21.5 Å². The first-order valence-corrected chi connectivity index (χ1v) is 6.02. The van der Waals surface area contributed by atoms with Gasteiger partial charge in [-0.2, -0.15) is 5.10 Å². The number of nitro groups is 1. The van der Waals surface area contributed by atoms with Gasteiger partial charge in [0.15, 0.2) is 0 Å². The Kier molecular flexibility index (Phi) is 4.28. The Morgan fingerprint density at radius 1 is 1.42 bits per heavy atom. The number of aromatic nitrogens is 2. The molecule has 0 saturated heterocycles. The predicted molar refractivity (Wildman–Crippen MR) is 68.8 cm³/mol. The van der Waals surface area contributed by atoms with Crippen LogP contribution in [0.3, 0.4) is 0 Å². The van der Waals surface area contributed by atoms with E-state index >= 15 is 0 Å². The lowest BCUT2D eigenvalue weighted by Gasteiger charge is -2.19. The molecule has 1 rings (SSSR count). The van der Waals surface area contributed by atoms with E-state index in [0.29, 0.717) is 11.4 Å². The summed E-state index contributed by atoms with van der Waals surface area (Å²) in [4.78, 5) is 22.0. The largest absolute Gasteiger partial charge is 0.460 e. The van der Waals surface area contributed by atoms with Gasteiger partial charge in [0.2, 0.25) is 0 Å². The van der Waals surface area contributed by atoms with Gasteiger partial charge in [0.05, 0.1) is 17.9 Å². The first-order valence-electron chi connectivity index (χ1n) is 6.02. The fourth-order valence-corrected chi connectivity index (χ4v) is 1.76. The summed E-state index contributed by atoms with van der Waals surface area (Å²) >= 11 is 0. The molecule has 0 atom stereocenters. The summed E-state index contributed by atoms with van der Waals surface area (Å²) in [5, 5.41) is 14.9. The zero-order valence-corrected chi connectivity index (χ0v) is 11.9. The molecule has 0 aromatic carbocycles. The van der Waals surface area contributed by atoms with Crippen molar-refractivity contribution in [2.45, 2.75) is 53.2 Å². The van der Waals surface area contributed by atoms with Crippen molar-refractivity contribution >= 4 is 11.7 Å². The molecule has 0 amide bonds. The van der Waals surface area contributed by atoms with E-state index in [4.69, 9.17) is 4.74 Å². The molecule has 1 aromatic heterocycles. The molecule has 0 saturated carbocycles. The zero-order valence-electron chi connectivity index (χ0n) is 11.9. The third-order valence-corrected chi connectivity index (χ3v) is 2.47. The highest BCUT2D eigenvalue weighted by Gasteiger charge is 2.22. The molecule has 7 heteroatoms. The van der Waals surface area contributed by atoms with E-state index in [2.05, 4.69) is 5.10 Å². The zero-order chi connectivity index (χ0) is 14.8. The Bertz CT molecular complexity index is 500. The lowest BCUT2D eigenvalue weighted by molar-refractivity contribution is -0.386. The summed E-state index contributed by atoms with van der Waals surface area (Å²) in [6.07, 6.45) is 0.135. The summed E-state index contributed by atoms with van der Waals surface area (Å²) in [5.41, 5.74) is 0.278. The minimum Gasteiger partial charge on any atom is -0.460 e. The minimum absolute atomic E-state index is 0.00388. The van der Waals surface area contributed by atoms with E-state index in [1.807, 2.05) is 0 Å². The molecule has 19 heavy (non-hydrogen) atoms. The van der Waals surface area contributed by atoms with Crippen LogP contribution < -0.4 is 0 Å². The van der Waals surface area contributed by atoms with Gasteiger partial charge >= 0.3 is 11.7 Å². The number of carbonyl (C=O) groups is 1. The van der Waals surface area contributed by atoms with Crippen molar-refractivity contribution in [1.82, 2.24) is 9.78 Å². The van der Waals surface area contributed by atoms with Gasteiger partial charge in [-0.05, 0) is 34.6 Å². The molecule has 106 valence electrons. The SMILES string of the molecule is Cc1nn(CCC(=O)OC(C)(C)C)c(C)c1[N+](=O)[O-]. The molecular weight excluding hydrogens is 250 g/mol. The second-order valence-electron chi connectivity index (χ2n) is 5.34. The molecule has 0 bridgehead atoms. The molecule has 0 aliphatic heterocycles. The first-order chi connectivity index (χ1) is 8.61. The molecule has 1 aromatic rings. The molecular formula is C12H19N3O4. The maximum atomic E-state index is 11.6. The fourth-order valence-electron chi connectivity index (χ4n) is 1.76. The summed E-state index contributed by atoms with van der Waals surface area (Å²) in [6.45, 7) is 8.84. The second kappa shape index (κ2) is 5.38. The van der Waals surface area contributed by atoms with Crippen LogP contribution in [0.4, 0.5) is 5.69 Å². The minimum atomic E-state index is -0.530. The molecule has 0 unspecified atom stereocenters. The number of nitrogens with zero attached hydrogens (tertiary/aromatic N) is 3. The van der Waals surface area contributed by atoms with E-state index in [0.717, 1.165) is 0 Å². The van der Waals surface area contributed by atoms with E-state index < -0.39 is 10.5 Å². The number of ether oxygens (including phenoxy) is 1. The maximum Gasteiger partial charge on any atom is 0.312 e. The average Bonchev–Trinajstić information content (AvgIpc) is 2.48. The van der Waals surface area contributed by atoms with Crippen molar-refractivity contribution in [3.8, 4) is 0 Å². The highest BCUT2D eigenvalue weighted by molar-refractivity contribution is 5.69. The Labute approximate surface area is 111 Å². The van der Waals surface area contributed by atoms with Gasteiger partial charge in [0, 0.05) is 0 Å². The van der Waals surface area contributed by atoms with Gasteiger partial charge in [-0.3, -0.25) is 19.6 Å². The van der Waals surface area contributed by atoms with Crippen LogP contribution in [0.2, 0.25) is 0 Å². The smallest absolute Gasteiger partial charge is 0.312 e. The van der Waals surface area contributed by atoms with Crippen molar-refractivity contribution in [3.63, 3.8) is 0 Å². The highest BCUT2D eigenvalue weighted by atomic mass is 16.6. The van der Waals surface area contributed by atoms with Gasteiger partial charge < -0.3 is 4.74 Å². The molecule has 0 aliphatic carbocycles.